The number of aryl methyl sites for hydroxylation is 1. The van der Waals surface area contributed by atoms with Crippen molar-refractivity contribution in [1.29, 1.82) is 0 Å². The minimum absolute atomic E-state index is 0. The zero-order chi connectivity index (χ0) is 19.6. The van der Waals surface area contributed by atoms with Gasteiger partial charge in [0.1, 0.15) is 0 Å². The number of benzene rings is 1. The van der Waals surface area contributed by atoms with Crippen molar-refractivity contribution in [2.75, 3.05) is 39.8 Å². The summed E-state index contributed by atoms with van der Waals surface area (Å²) < 4.78 is 0. The van der Waals surface area contributed by atoms with E-state index in [0.29, 0.717) is 6.04 Å². The fourth-order valence-electron chi connectivity index (χ4n) is 3.74. The van der Waals surface area contributed by atoms with Gasteiger partial charge in [0, 0.05) is 44.9 Å². The molecule has 1 aromatic carbocycles. The van der Waals surface area contributed by atoms with Gasteiger partial charge in [0.05, 0.1) is 4.92 Å². The van der Waals surface area contributed by atoms with E-state index in [1.807, 2.05) is 19.2 Å². The van der Waals surface area contributed by atoms with Crippen molar-refractivity contribution in [2.45, 2.75) is 45.6 Å². The summed E-state index contributed by atoms with van der Waals surface area (Å²) in [5, 5.41) is 14.2. The lowest BCUT2D eigenvalue weighted by molar-refractivity contribution is -0.384. The van der Waals surface area contributed by atoms with Gasteiger partial charge in [0.25, 0.3) is 5.69 Å². The number of nitro benzene ring substituents is 1. The average molecular weight is 503 g/mol. The fraction of sp³-hybridized carbons (Fsp3) is 0.650. The van der Waals surface area contributed by atoms with Crippen LogP contribution in [0.2, 0.25) is 0 Å². The molecule has 0 aromatic heterocycles. The highest BCUT2D eigenvalue weighted by molar-refractivity contribution is 14.0. The summed E-state index contributed by atoms with van der Waals surface area (Å²) in [4.78, 5) is 19.7. The summed E-state index contributed by atoms with van der Waals surface area (Å²) >= 11 is 0. The maximum atomic E-state index is 10.7. The van der Waals surface area contributed by atoms with Crippen LogP contribution in [0.1, 0.15) is 38.7 Å². The van der Waals surface area contributed by atoms with Crippen LogP contribution < -0.4 is 5.32 Å². The van der Waals surface area contributed by atoms with Crippen LogP contribution in [0.4, 0.5) is 5.69 Å². The number of halogens is 1. The number of hydrogen-bond donors (Lipinski definition) is 1. The Balaban J connectivity index is 0.00000392. The van der Waals surface area contributed by atoms with Gasteiger partial charge in [-0.15, -0.1) is 24.0 Å². The molecule has 1 atom stereocenters. The molecule has 28 heavy (non-hydrogen) atoms. The van der Waals surface area contributed by atoms with Crippen LogP contribution in [0.5, 0.6) is 0 Å². The van der Waals surface area contributed by atoms with E-state index in [-0.39, 0.29) is 34.6 Å². The smallest absolute Gasteiger partial charge is 0.269 e. The molecule has 0 aliphatic carbocycles. The molecule has 1 aliphatic rings. The molecule has 7 nitrogen and oxygen atoms in total. The van der Waals surface area contributed by atoms with Crippen molar-refractivity contribution in [2.24, 2.45) is 4.99 Å². The molecule has 0 spiro atoms. The molecule has 2 rings (SSSR count). The third kappa shape index (κ3) is 7.20. The first-order valence-corrected chi connectivity index (χ1v) is 10.0. The number of nitro groups is 1. The van der Waals surface area contributed by atoms with Crippen LogP contribution in [0, 0.1) is 10.1 Å². The molecule has 0 amide bonds. The Bertz CT molecular complexity index is 620. The first-order chi connectivity index (χ1) is 13.1. The highest BCUT2D eigenvalue weighted by atomic mass is 127. The van der Waals surface area contributed by atoms with Gasteiger partial charge in [0.2, 0.25) is 0 Å². The molecule has 8 heteroatoms. The number of nitrogens with one attached hydrogen (secondary N) is 1. The number of rotatable bonds is 9. The van der Waals surface area contributed by atoms with Gasteiger partial charge in [-0.25, -0.2) is 0 Å². The summed E-state index contributed by atoms with van der Waals surface area (Å²) in [6.07, 6.45) is 4.22. The zero-order valence-electron chi connectivity index (χ0n) is 17.3. The fourth-order valence-corrected chi connectivity index (χ4v) is 3.74. The van der Waals surface area contributed by atoms with E-state index < -0.39 is 0 Å². The standard InChI is InChI=1S/C20H33N5O2.HI/c1-4-23(5-2)19-13-15-24(16-19)20(21-3)22-14-7-6-8-17-9-11-18(12-10-17)25(26)27;/h9-12,19H,4-8,13-16H2,1-3H3,(H,21,22);1H. The van der Waals surface area contributed by atoms with E-state index in [0.717, 1.165) is 63.5 Å². The molecular weight excluding hydrogens is 469 g/mol. The summed E-state index contributed by atoms with van der Waals surface area (Å²) in [5.74, 6) is 1.000. The van der Waals surface area contributed by atoms with Gasteiger partial charge in [0.15, 0.2) is 5.96 Å². The predicted octanol–water partition coefficient (Wildman–Crippen LogP) is 3.53. The molecule has 0 radical (unpaired) electrons. The van der Waals surface area contributed by atoms with Gasteiger partial charge in [-0.2, -0.15) is 0 Å². The van der Waals surface area contributed by atoms with Crippen molar-refractivity contribution in [1.82, 2.24) is 15.1 Å². The number of likely N-dealkylation sites (N-methyl/N-ethyl adjacent to an activating group) is 1. The Morgan fingerprint density at radius 3 is 2.54 bits per heavy atom. The number of aliphatic imine (C=N–C) groups is 1. The molecule has 0 saturated carbocycles. The molecule has 1 fully saturated rings. The number of nitrogens with zero attached hydrogens (tertiary/aromatic N) is 4. The van der Waals surface area contributed by atoms with E-state index in [1.54, 1.807) is 12.1 Å². The third-order valence-electron chi connectivity index (χ3n) is 5.33. The number of non-ortho nitro benzene ring substituents is 1. The molecule has 0 bridgehead atoms. The summed E-state index contributed by atoms with van der Waals surface area (Å²) in [6.45, 7) is 9.65. The van der Waals surface area contributed by atoms with Crippen LogP contribution >= 0.6 is 24.0 Å². The van der Waals surface area contributed by atoms with Crippen molar-refractivity contribution < 1.29 is 4.92 Å². The number of likely N-dealkylation sites (tertiary alicyclic amines) is 1. The maximum Gasteiger partial charge on any atom is 0.269 e. The Kier molecular flexibility index (Phi) is 11.4. The van der Waals surface area contributed by atoms with Crippen LogP contribution in [0.25, 0.3) is 0 Å². The van der Waals surface area contributed by atoms with E-state index >= 15 is 0 Å². The van der Waals surface area contributed by atoms with Crippen LogP contribution in [-0.4, -0.2) is 66.5 Å². The van der Waals surface area contributed by atoms with Gasteiger partial charge >= 0.3 is 0 Å². The van der Waals surface area contributed by atoms with Crippen LogP contribution in [0.3, 0.4) is 0 Å². The van der Waals surface area contributed by atoms with E-state index in [1.165, 1.54) is 6.42 Å². The van der Waals surface area contributed by atoms with E-state index in [4.69, 9.17) is 0 Å². The second-order valence-electron chi connectivity index (χ2n) is 6.96. The minimum atomic E-state index is -0.359. The lowest BCUT2D eigenvalue weighted by Crippen LogP contribution is -2.43. The Hall–Kier alpha value is -1.42. The van der Waals surface area contributed by atoms with Crippen molar-refractivity contribution in [3.05, 3.63) is 39.9 Å². The molecule has 1 aliphatic heterocycles. The predicted molar refractivity (Wildman–Crippen MR) is 126 cm³/mol. The highest BCUT2D eigenvalue weighted by Crippen LogP contribution is 2.16. The van der Waals surface area contributed by atoms with E-state index in [2.05, 4.69) is 34.0 Å². The SMILES string of the molecule is CCN(CC)C1CCN(C(=NC)NCCCCc2ccc([N+](=O)[O-])cc2)C1.I. The second kappa shape index (κ2) is 12.9. The zero-order valence-corrected chi connectivity index (χ0v) is 19.6. The highest BCUT2D eigenvalue weighted by Gasteiger charge is 2.27. The third-order valence-corrected chi connectivity index (χ3v) is 5.33. The quantitative estimate of drug-likeness (QED) is 0.139. The number of guanidine groups is 1. The molecular formula is C20H34IN5O2. The van der Waals surface area contributed by atoms with Crippen molar-refractivity contribution in [3.8, 4) is 0 Å². The van der Waals surface area contributed by atoms with Crippen molar-refractivity contribution in [3.63, 3.8) is 0 Å². The Morgan fingerprint density at radius 1 is 1.29 bits per heavy atom. The molecule has 158 valence electrons. The summed E-state index contributed by atoms with van der Waals surface area (Å²) in [7, 11) is 1.85. The number of unbranched alkanes of at least 4 members (excludes halogenated alkanes) is 1. The van der Waals surface area contributed by atoms with Gasteiger partial charge in [-0.1, -0.05) is 26.0 Å². The summed E-state index contributed by atoms with van der Waals surface area (Å²) in [6, 6.07) is 7.48. The lowest BCUT2D eigenvalue weighted by Gasteiger charge is -2.27. The monoisotopic (exact) mass is 503 g/mol. The minimum Gasteiger partial charge on any atom is -0.356 e. The van der Waals surface area contributed by atoms with Gasteiger partial charge in [-0.3, -0.25) is 20.0 Å². The van der Waals surface area contributed by atoms with Gasteiger partial charge in [-0.05, 0) is 44.3 Å². The normalized spacial score (nSPS) is 16.9. The molecule has 1 heterocycles. The molecule has 1 unspecified atom stereocenters. The van der Waals surface area contributed by atoms with Gasteiger partial charge < -0.3 is 10.2 Å². The van der Waals surface area contributed by atoms with Crippen molar-refractivity contribution >= 4 is 35.6 Å². The number of hydrogen-bond acceptors (Lipinski definition) is 4. The van der Waals surface area contributed by atoms with Crippen LogP contribution in [-0.2, 0) is 6.42 Å². The second-order valence-corrected chi connectivity index (χ2v) is 6.96. The molecule has 1 saturated heterocycles. The average Bonchev–Trinajstić information content (AvgIpc) is 3.15. The molecule has 1 N–H and O–H groups in total. The maximum absolute atomic E-state index is 10.7. The first kappa shape index (κ1) is 24.6. The molecule has 1 aromatic rings. The first-order valence-electron chi connectivity index (χ1n) is 10.0. The summed E-state index contributed by atoms with van der Waals surface area (Å²) in [5.41, 5.74) is 1.30. The largest absolute Gasteiger partial charge is 0.356 e. The van der Waals surface area contributed by atoms with Crippen LogP contribution in [0.15, 0.2) is 29.3 Å². The topological polar surface area (TPSA) is 74.0 Å². The lowest BCUT2D eigenvalue weighted by atomic mass is 10.1. The van der Waals surface area contributed by atoms with E-state index in [9.17, 15) is 10.1 Å². The Morgan fingerprint density at radius 2 is 1.96 bits per heavy atom. The Labute approximate surface area is 185 Å².